The van der Waals surface area contributed by atoms with Crippen LogP contribution in [0.15, 0.2) is 6.07 Å². The van der Waals surface area contributed by atoms with Gasteiger partial charge in [-0.1, -0.05) is 6.92 Å². The molecule has 0 radical (unpaired) electrons. The van der Waals surface area contributed by atoms with Gasteiger partial charge in [-0.05, 0) is 31.0 Å². The third-order valence-electron chi connectivity index (χ3n) is 6.06. The van der Waals surface area contributed by atoms with Crippen LogP contribution in [-0.2, 0) is 9.47 Å². The summed E-state index contributed by atoms with van der Waals surface area (Å²) < 4.78 is 10.9. The first kappa shape index (κ1) is 22.4. The number of rotatable bonds is 6. The van der Waals surface area contributed by atoms with Crippen molar-refractivity contribution in [2.24, 2.45) is 5.92 Å². The van der Waals surface area contributed by atoms with Crippen molar-refractivity contribution >= 4 is 34.9 Å². The lowest BCUT2D eigenvalue weighted by atomic mass is 10.0. The molecule has 4 heterocycles. The Morgan fingerprint density at radius 2 is 1.71 bits per heavy atom. The number of thiocarbonyl (C=S) groups is 1. The molecule has 9 nitrogen and oxygen atoms in total. The quantitative estimate of drug-likeness (QED) is 0.618. The van der Waals surface area contributed by atoms with Crippen molar-refractivity contribution in [2.45, 2.75) is 19.8 Å². The fraction of sp³-hybridized carbons (Fsp3) is 0.762. The summed E-state index contributed by atoms with van der Waals surface area (Å²) in [5.41, 5.74) is 0. The molecular weight excluding hydrogens is 414 g/mol. The fourth-order valence-electron chi connectivity index (χ4n) is 4.29. The van der Waals surface area contributed by atoms with E-state index in [-0.39, 0.29) is 0 Å². The number of ether oxygens (including phenoxy) is 2. The number of nitrogens with zero attached hydrogens (tertiary/aromatic N) is 5. The maximum Gasteiger partial charge on any atom is 0.232 e. The molecule has 10 heteroatoms. The van der Waals surface area contributed by atoms with Gasteiger partial charge in [-0.25, -0.2) is 0 Å². The predicted octanol–water partition coefficient (Wildman–Crippen LogP) is 1.17. The molecule has 4 rings (SSSR count). The summed E-state index contributed by atoms with van der Waals surface area (Å²) in [7, 11) is 0. The van der Waals surface area contributed by atoms with Crippen molar-refractivity contribution in [1.82, 2.24) is 20.2 Å². The highest BCUT2D eigenvalue weighted by molar-refractivity contribution is 7.80. The van der Waals surface area contributed by atoms with Crippen LogP contribution < -0.4 is 20.4 Å². The van der Waals surface area contributed by atoms with Crippen molar-refractivity contribution in [3.63, 3.8) is 0 Å². The highest BCUT2D eigenvalue weighted by Gasteiger charge is 2.21. The number of hydrogen-bond acceptors (Lipinski definition) is 8. The summed E-state index contributed by atoms with van der Waals surface area (Å²) in [6, 6.07) is 2.11. The minimum absolute atomic E-state index is 0.557. The number of nitrogens with one attached hydrogen (secondary N) is 2. The summed E-state index contributed by atoms with van der Waals surface area (Å²) in [4.78, 5) is 16.6. The van der Waals surface area contributed by atoms with Crippen LogP contribution in [0.2, 0.25) is 0 Å². The van der Waals surface area contributed by atoms with Gasteiger partial charge in [-0.2, -0.15) is 9.97 Å². The van der Waals surface area contributed by atoms with E-state index < -0.39 is 0 Å². The molecule has 1 aromatic rings. The Morgan fingerprint density at radius 1 is 1.03 bits per heavy atom. The number of aromatic nitrogens is 2. The molecule has 2 N–H and O–H groups in total. The molecule has 0 aliphatic carbocycles. The van der Waals surface area contributed by atoms with E-state index in [1.54, 1.807) is 0 Å². The van der Waals surface area contributed by atoms with Gasteiger partial charge in [-0.15, -0.1) is 0 Å². The summed E-state index contributed by atoms with van der Waals surface area (Å²) in [5, 5.41) is 7.07. The van der Waals surface area contributed by atoms with Gasteiger partial charge in [0.2, 0.25) is 5.95 Å². The predicted molar refractivity (Wildman–Crippen MR) is 127 cm³/mol. The normalized spacial score (nSPS) is 22.9. The molecular formula is C21H35N7O2S. The lowest BCUT2D eigenvalue weighted by Gasteiger charge is -2.33. The average Bonchev–Trinajstić information content (AvgIpc) is 2.80. The van der Waals surface area contributed by atoms with E-state index in [1.807, 2.05) is 0 Å². The summed E-state index contributed by atoms with van der Waals surface area (Å²) in [6.45, 7) is 12.8. The van der Waals surface area contributed by atoms with E-state index in [2.05, 4.69) is 38.3 Å². The lowest BCUT2D eigenvalue weighted by Crippen LogP contribution is -2.42. The largest absolute Gasteiger partial charge is 0.379 e. The first-order valence-electron chi connectivity index (χ1n) is 11.5. The molecule has 172 valence electrons. The van der Waals surface area contributed by atoms with Gasteiger partial charge in [-0.3, -0.25) is 4.90 Å². The van der Waals surface area contributed by atoms with E-state index in [0.29, 0.717) is 17.0 Å². The van der Waals surface area contributed by atoms with Gasteiger partial charge in [0, 0.05) is 58.4 Å². The van der Waals surface area contributed by atoms with Gasteiger partial charge in [0.25, 0.3) is 0 Å². The van der Waals surface area contributed by atoms with Crippen LogP contribution in [-0.4, -0.2) is 98.8 Å². The minimum Gasteiger partial charge on any atom is -0.379 e. The van der Waals surface area contributed by atoms with E-state index in [1.165, 1.54) is 12.8 Å². The zero-order valence-electron chi connectivity index (χ0n) is 18.5. The van der Waals surface area contributed by atoms with Gasteiger partial charge in [0.1, 0.15) is 11.6 Å². The van der Waals surface area contributed by atoms with Crippen LogP contribution in [0.3, 0.4) is 0 Å². The molecule has 0 saturated carbocycles. The molecule has 3 aliphatic heterocycles. The number of piperidine rings is 1. The zero-order valence-corrected chi connectivity index (χ0v) is 19.3. The van der Waals surface area contributed by atoms with E-state index >= 15 is 0 Å². The molecule has 0 amide bonds. The third kappa shape index (κ3) is 6.61. The van der Waals surface area contributed by atoms with Crippen LogP contribution in [0.5, 0.6) is 0 Å². The first-order chi connectivity index (χ1) is 15.2. The fourth-order valence-corrected chi connectivity index (χ4v) is 4.48. The number of hydrogen-bond donors (Lipinski definition) is 2. The molecule has 3 saturated heterocycles. The van der Waals surface area contributed by atoms with E-state index in [9.17, 15) is 0 Å². The Balaban J connectivity index is 1.40. The lowest BCUT2D eigenvalue weighted by molar-refractivity contribution is 0.0389. The Morgan fingerprint density at radius 3 is 2.42 bits per heavy atom. The second kappa shape index (κ2) is 11.2. The Kier molecular flexibility index (Phi) is 8.12. The molecule has 0 unspecified atom stereocenters. The minimum atomic E-state index is 0.557. The SMILES string of the molecule is C[C@H]1CCCN(c2cc(N3CCOCC3)nc(NC(=S)NCCN3CCOCC3)n2)C1. The summed E-state index contributed by atoms with van der Waals surface area (Å²) >= 11 is 5.53. The standard InChI is InChI=1S/C21H35N7O2S/c1-17-3-2-5-28(16-17)19-15-18(27-9-13-30-14-10-27)23-20(24-19)25-21(31)22-4-6-26-7-11-29-12-8-26/h15,17H,2-14,16H2,1H3,(H2,22,23,24,25,31)/t17-/m0/s1. The van der Waals surface area contributed by atoms with Crippen LogP contribution >= 0.6 is 12.2 Å². The molecule has 1 aromatic heterocycles. The molecule has 0 aromatic carbocycles. The second-order valence-electron chi connectivity index (χ2n) is 8.54. The van der Waals surface area contributed by atoms with Crippen LogP contribution in [0, 0.1) is 5.92 Å². The van der Waals surface area contributed by atoms with Crippen molar-refractivity contribution in [1.29, 1.82) is 0 Å². The topological polar surface area (TPSA) is 78.0 Å². The summed E-state index contributed by atoms with van der Waals surface area (Å²) in [5.74, 6) is 3.14. The molecule has 0 spiro atoms. The van der Waals surface area contributed by atoms with Crippen molar-refractivity contribution in [3.8, 4) is 0 Å². The Bertz CT molecular complexity index is 726. The Labute approximate surface area is 190 Å². The van der Waals surface area contributed by atoms with Crippen molar-refractivity contribution < 1.29 is 9.47 Å². The van der Waals surface area contributed by atoms with Crippen LogP contribution in [0.4, 0.5) is 17.6 Å². The maximum absolute atomic E-state index is 5.53. The third-order valence-corrected chi connectivity index (χ3v) is 6.30. The summed E-state index contributed by atoms with van der Waals surface area (Å²) in [6.07, 6.45) is 2.47. The van der Waals surface area contributed by atoms with Gasteiger partial charge in [0.15, 0.2) is 5.11 Å². The van der Waals surface area contributed by atoms with Crippen molar-refractivity contribution in [3.05, 3.63) is 6.07 Å². The second-order valence-corrected chi connectivity index (χ2v) is 8.94. The van der Waals surface area contributed by atoms with E-state index in [0.717, 1.165) is 90.4 Å². The molecule has 31 heavy (non-hydrogen) atoms. The average molecular weight is 450 g/mol. The molecule has 1 atom stereocenters. The number of morpholine rings is 2. The van der Waals surface area contributed by atoms with Gasteiger partial charge in [0.05, 0.1) is 26.4 Å². The van der Waals surface area contributed by atoms with Gasteiger partial charge < -0.3 is 29.9 Å². The van der Waals surface area contributed by atoms with E-state index in [4.69, 9.17) is 31.7 Å². The Hall–Kier alpha value is -1.75. The number of anilines is 3. The molecule has 3 fully saturated rings. The molecule has 0 bridgehead atoms. The smallest absolute Gasteiger partial charge is 0.232 e. The van der Waals surface area contributed by atoms with Gasteiger partial charge >= 0.3 is 0 Å². The van der Waals surface area contributed by atoms with Crippen molar-refractivity contribution in [2.75, 3.05) is 93.9 Å². The van der Waals surface area contributed by atoms with Crippen LogP contribution in [0.1, 0.15) is 19.8 Å². The maximum atomic E-state index is 5.53. The highest BCUT2D eigenvalue weighted by Crippen LogP contribution is 2.26. The van der Waals surface area contributed by atoms with Crippen LogP contribution in [0.25, 0.3) is 0 Å². The first-order valence-corrected chi connectivity index (χ1v) is 11.9. The zero-order chi connectivity index (χ0) is 21.5. The monoisotopic (exact) mass is 449 g/mol. The highest BCUT2D eigenvalue weighted by atomic mass is 32.1. The molecule has 3 aliphatic rings.